The van der Waals surface area contributed by atoms with E-state index < -0.39 is 45.8 Å². The second-order valence-electron chi connectivity index (χ2n) is 5.43. The van der Waals surface area contributed by atoms with E-state index in [2.05, 4.69) is 5.32 Å². The third-order valence-electron chi connectivity index (χ3n) is 3.51. The summed E-state index contributed by atoms with van der Waals surface area (Å²) in [6.07, 6.45) is 0. The average Bonchev–Trinajstić information content (AvgIpc) is 2.55. The minimum atomic E-state index is -4.62. The Morgan fingerprint density at radius 3 is 2.30 bits per heavy atom. The number of anilines is 3. The molecular formula is C14H15N3O8S2. The van der Waals surface area contributed by atoms with Gasteiger partial charge in [-0.2, -0.15) is 8.42 Å². The van der Waals surface area contributed by atoms with Gasteiger partial charge in [0, 0.05) is 11.8 Å². The fourth-order valence-electron chi connectivity index (χ4n) is 2.13. The Morgan fingerprint density at radius 1 is 1.15 bits per heavy atom. The van der Waals surface area contributed by atoms with Crippen LogP contribution in [0.1, 0.15) is 6.92 Å². The Bertz CT molecular complexity index is 1110. The van der Waals surface area contributed by atoms with Crippen LogP contribution in [0.25, 0.3) is 0 Å². The Kier molecular flexibility index (Phi) is 5.42. The van der Waals surface area contributed by atoms with Crippen LogP contribution in [-0.4, -0.2) is 36.9 Å². The highest BCUT2D eigenvalue weighted by atomic mass is 32.2. The number of sulfone groups is 1. The molecule has 2 aromatic rings. The minimum Gasteiger partial charge on any atom is -0.398 e. The zero-order chi connectivity index (χ0) is 20.6. The Morgan fingerprint density at radius 2 is 1.78 bits per heavy atom. The maximum absolute atomic E-state index is 12.0. The van der Waals surface area contributed by atoms with Gasteiger partial charge in [-0.05, 0) is 37.3 Å². The SMILES string of the molecule is CC(O)S(=O)(=O)c1ccc(Nc2ccc(N)c(S(=O)(=O)O)c2)c([N+](=O)[O-])c1. The van der Waals surface area contributed by atoms with Gasteiger partial charge in [0.1, 0.15) is 10.6 Å². The van der Waals surface area contributed by atoms with E-state index in [1.807, 2.05) is 0 Å². The fraction of sp³-hybridized carbons (Fsp3) is 0.143. The molecule has 0 radical (unpaired) electrons. The molecule has 0 aliphatic carbocycles. The number of aliphatic hydroxyl groups is 1. The van der Waals surface area contributed by atoms with Gasteiger partial charge < -0.3 is 16.2 Å². The number of hydrogen-bond donors (Lipinski definition) is 4. The lowest BCUT2D eigenvalue weighted by atomic mass is 10.2. The normalized spacial score (nSPS) is 13.1. The maximum Gasteiger partial charge on any atom is 0.296 e. The predicted octanol–water partition coefficient (Wildman–Crippen LogP) is 1.28. The topological polar surface area (TPSA) is 190 Å². The number of nitrogens with zero attached hydrogens (tertiary/aromatic N) is 1. The monoisotopic (exact) mass is 417 g/mol. The van der Waals surface area contributed by atoms with Crippen LogP contribution in [0.5, 0.6) is 0 Å². The van der Waals surface area contributed by atoms with Gasteiger partial charge in [-0.1, -0.05) is 0 Å². The quantitative estimate of drug-likeness (QED) is 0.230. The molecule has 0 fully saturated rings. The van der Waals surface area contributed by atoms with Crippen molar-refractivity contribution in [3.63, 3.8) is 0 Å². The van der Waals surface area contributed by atoms with E-state index >= 15 is 0 Å². The molecule has 0 spiro atoms. The molecule has 0 amide bonds. The second-order valence-corrected chi connectivity index (χ2v) is 9.07. The number of nitro benzene ring substituents is 1. The Hall–Kier alpha value is -2.74. The first-order valence-electron chi connectivity index (χ1n) is 7.18. The van der Waals surface area contributed by atoms with Crippen molar-refractivity contribution in [1.82, 2.24) is 0 Å². The summed E-state index contributed by atoms with van der Waals surface area (Å²) in [5.74, 6) is 0. The number of aliphatic hydroxyl groups excluding tert-OH is 1. The molecule has 0 heterocycles. The summed E-state index contributed by atoms with van der Waals surface area (Å²) < 4.78 is 55.7. The summed E-state index contributed by atoms with van der Waals surface area (Å²) in [5, 5.41) is 23.2. The molecule has 0 aliphatic heterocycles. The van der Waals surface area contributed by atoms with Crippen LogP contribution in [-0.2, 0) is 20.0 Å². The zero-order valence-electron chi connectivity index (χ0n) is 13.7. The first-order chi connectivity index (χ1) is 12.3. The number of nitrogen functional groups attached to an aromatic ring is 1. The molecule has 2 rings (SSSR count). The third-order valence-corrected chi connectivity index (χ3v) is 6.23. The molecule has 0 aliphatic rings. The van der Waals surface area contributed by atoms with Gasteiger partial charge in [0.2, 0.25) is 9.84 Å². The number of nitrogens with two attached hydrogens (primary N) is 1. The van der Waals surface area contributed by atoms with Gasteiger partial charge in [-0.15, -0.1) is 0 Å². The molecule has 146 valence electrons. The van der Waals surface area contributed by atoms with E-state index in [1.54, 1.807) is 0 Å². The summed E-state index contributed by atoms with van der Waals surface area (Å²) in [5.41, 5.74) is 2.77. The van der Waals surface area contributed by atoms with Gasteiger partial charge in [0.15, 0.2) is 5.44 Å². The van der Waals surface area contributed by atoms with Crippen molar-refractivity contribution >= 4 is 42.7 Å². The molecule has 0 bridgehead atoms. The first kappa shape index (κ1) is 20.6. The van der Waals surface area contributed by atoms with Crippen LogP contribution < -0.4 is 11.1 Å². The smallest absolute Gasteiger partial charge is 0.296 e. The lowest BCUT2D eigenvalue weighted by Crippen LogP contribution is -2.17. The van der Waals surface area contributed by atoms with Crippen LogP contribution in [0, 0.1) is 10.1 Å². The van der Waals surface area contributed by atoms with E-state index in [0.29, 0.717) is 0 Å². The molecule has 1 unspecified atom stereocenters. The molecule has 0 saturated heterocycles. The van der Waals surface area contributed by atoms with E-state index in [9.17, 15) is 32.1 Å². The molecule has 11 nitrogen and oxygen atoms in total. The summed E-state index contributed by atoms with van der Waals surface area (Å²) >= 11 is 0. The first-order valence-corrected chi connectivity index (χ1v) is 10.2. The van der Waals surface area contributed by atoms with Crippen molar-refractivity contribution in [1.29, 1.82) is 0 Å². The van der Waals surface area contributed by atoms with Crippen LogP contribution in [0.4, 0.5) is 22.7 Å². The lowest BCUT2D eigenvalue weighted by molar-refractivity contribution is -0.384. The van der Waals surface area contributed by atoms with Crippen LogP contribution in [0.3, 0.4) is 0 Å². The zero-order valence-corrected chi connectivity index (χ0v) is 15.4. The average molecular weight is 417 g/mol. The van der Waals surface area contributed by atoms with Gasteiger partial charge >= 0.3 is 0 Å². The largest absolute Gasteiger partial charge is 0.398 e. The maximum atomic E-state index is 12.0. The highest BCUT2D eigenvalue weighted by Crippen LogP contribution is 2.32. The molecule has 5 N–H and O–H groups in total. The van der Waals surface area contributed by atoms with Crippen molar-refractivity contribution < 1.29 is 31.4 Å². The summed E-state index contributed by atoms with van der Waals surface area (Å²) in [7, 11) is -8.78. The molecular weight excluding hydrogens is 402 g/mol. The van der Waals surface area contributed by atoms with Crippen molar-refractivity contribution in [2.45, 2.75) is 22.2 Å². The Labute approximate surface area is 154 Å². The molecule has 0 saturated carbocycles. The van der Waals surface area contributed by atoms with Gasteiger partial charge in [-0.3, -0.25) is 14.7 Å². The molecule has 2 aromatic carbocycles. The number of nitro groups is 1. The summed E-state index contributed by atoms with van der Waals surface area (Å²) in [6, 6.07) is 6.37. The van der Waals surface area contributed by atoms with Crippen molar-refractivity contribution in [2.24, 2.45) is 0 Å². The molecule has 0 aromatic heterocycles. The van der Waals surface area contributed by atoms with E-state index in [-0.39, 0.29) is 17.1 Å². The summed E-state index contributed by atoms with van der Waals surface area (Å²) in [4.78, 5) is 9.40. The van der Waals surface area contributed by atoms with E-state index in [4.69, 9.17) is 10.3 Å². The van der Waals surface area contributed by atoms with Crippen molar-refractivity contribution in [2.75, 3.05) is 11.1 Å². The molecule has 1 atom stereocenters. The molecule has 27 heavy (non-hydrogen) atoms. The minimum absolute atomic E-state index is 0.0473. The van der Waals surface area contributed by atoms with Crippen LogP contribution in [0.2, 0.25) is 0 Å². The van der Waals surface area contributed by atoms with Crippen LogP contribution in [0.15, 0.2) is 46.2 Å². The number of hydrogen-bond acceptors (Lipinski definition) is 9. The lowest BCUT2D eigenvalue weighted by Gasteiger charge is -2.12. The summed E-state index contributed by atoms with van der Waals surface area (Å²) in [6.45, 7) is 1.01. The second kappa shape index (κ2) is 7.11. The fourth-order valence-corrected chi connectivity index (χ4v) is 3.70. The number of benzene rings is 2. The van der Waals surface area contributed by atoms with Crippen LogP contribution >= 0.6 is 0 Å². The van der Waals surface area contributed by atoms with E-state index in [0.717, 1.165) is 31.2 Å². The van der Waals surface area contributed by atoms with Gasteiger partial charge in [0.05, 0.1) is 15.5 Å². The van der Waals surface area contributed by atoms with E-state index in [1.165, 1.54) is 12.1 Å². The predicted molar refractivity (Wildman–Crippen MR) is 95.9 cm³/mol. The van der Waals surface area contributed by atoms with Crippen molar-refractivity contribution in [3.8, 4) is 0 Å². The Balaban J connectivity index is 2.53. The van der Waals surface area contributed by atoms with Gasteiger partial charge in [0.25, 0.3) is 15.8 Å². The number of rotatable bonds is 6. The standard InChI is InChI=1S/C14H15N3O8S2/c1-8(18)26(21,22)10-3-5-12(13(7-10)17(19)20)16-9-2-4-11(15)14(6-9)27(23,24)25/h2-8,16,18H,15H2,1H3,(H,23,24,25). The number of nitrogens with one attached hydrogen (secondary N) is 1. The molecule has 13 heteroatoms. The van der Waals surface area contributed by atoms with Gasteiger partial charge in [-0.25, -0.2) is 8.42 Å². The third kappa shape index (κ3) is 4.33. The highest BCUT2D eigenvalue weighted by molar-refractivity contribution is 7.91. The van der Waals surface area contributed by atoms with Crippen molar-refractivity contribution in [3.05, 3.63) is 46.5 Å². The highest BCUT2D eigenvalue weighted by Gasteiger charge is 2.25.